The first-order valence-electron chi connectivity index (χ1n) is 7.22. The molecule has 1 fully saturated rings. The minimum atomic E-state index is 0.260. The van der Waals surface area contributed by atoms with Crippen molar-refractivity contribution in [3.8, 4) is 0 Å². The SMILES string of the molecule is Cc1noc(C)c1COC1CCN(Cc2cn(C)nn2)C1. The van der Waals surface area contributed by atoms with E-state index in [2.05, 4.69) is 20.4 Å². The van der Waals surface area contributed by atoms with Gasteiger partial charge >= 0.3 is 0 Å². The molecule has 1 aliphatic rings. The second-order valence-electron chi connectivity index (χ2n) is 5.64. The summed E-state index contributed by atoms with van der Waals surface area (Å²) >= 11 is 0. The minimum absolute atomic E-state index is 0.260. The number of hydrogen-bond donors (Lipinski definition) is 0. The summed E-state index contributed by atoms with van der Waals surface area (Å²) in [7, 11) is 1.88. The molecule has 0 bridgehead atoms. The first-order chi connectivity index (χ1) is 10.1. The molecule has 21 heavy (non-hydrogen) atoms. The molecule has 0 radical (unpaired) electrons. The maximum Gasteiger partial charge on any atom is 0.139 e. The summed E-state index contributed by atoms with van der Waals surface area (Å²) in [5.41, 5.74) is 2.99. The third kappa shape index (κ3) is 3.30. The molecule has 0 aromatic carbocycles. The van der Waals surface area contributed by atoms with Crippen LogP contribution in [0.1, 0.15) is 29.1 Å². The lowest BCUT2D eigenvalue weighted by Gasteiger charge is -2.14. The molecule has 7 heteroatoms. The minimum Gasteiger partial charge on any atom is -0.372 e. The van der Waals surface area contributed by atoms with Gasteiger partial charge in [0.15, 0.2) is 0 Å². The van der Waals surface area contributed by atoms with Gasteiger partial charge in [-0.1, -0.05) is 10.4 Å². The van der Waals surface area contributed by atoms with Crippen LogP contribution in [0.15, 0.2) is 10.7 Å². The molecule has 2 aromatic rings. The highest BCUT2D eigenvalue weighted by molar-refractivity contribution is 5.19. The van der Waals surface area contributed by atoms with E-state index < -0.39 is 0 Å². The number of rotatable bonds is 5. The van der Waals surface area contributed by atoms with Crippen molar-refractivity contribution >= 4 is 0 Å². The van der Waals surface area contributed by atoms with Crippen molar-refractivity contribution in [1.29, 1.82) is 0 Å². The first-order valence-corrected chi connectivity index (χ1v) is 7.22. The number of aromatic nitrogens is 4. The Bertz CT molecular complexity index is 587. The molecule has 2 aromatic heterocycles. The van der Waals surface area contributed by atoms with Crippen molar-refractivity contribution in [2.75, 3.05) is 13.1 Å². The maximum atomic E-state index is 6.00. The lowest BCUT2D eigenvalue weighted by Crippen LogP contribution is -2.23. The van der Waals surface area contributed by atoms with Gasteiger partial charge in [-0.2, -0.15) is 0 Å². The number of aryl methyl sites for hydroxylation is 3. The van der Waals surface area contributed by atoms with E-state index >= 15 is 0 Å². The Morgan fingerprint density at radius 3 is 2.95 bits per heavy atom. The van der Waals surface area contributed by atoms with Gasteiger partial charge in [-0.05, 0) is 20.3 Å². The van der Waals surface area contributed by atoms with Gasteiger partial charge in [0, 0.05) is 38.4 Å². The van der Waals surface area contributed by atoms with Gasteiger partial charge in [0.25, 0.3) is 0 Å². The Morgan fingerprint density at radius 2 is 2.29 bits per heavy atom. The quantitative estimate of drug-likeness (QED) is 0.825. The lowest BCUT2D eigenvalue weighted by atomic mass is 10.2. The molecule has 114 valence electrons. The molecular formula is C14H21N5O2. The van der Waals surface area contributed by atoms with Gasteiger partial charge in [0.2, 0.25) is 0 Å². The van der Waals surface area contributed by atoms with Crippen LogP contribution in [0.5, 0.6) is 0 Å². The Labute approximate surface area is 123 Å². The average Bonchev–Trinajstić information content (AvgIpc) is 3.13. The Morgan fingerprint density at radius 1 is 1.43 bits per heavy atom. The monoisotopic (exact) mass is 291 g/mol. The molecule has 3 heterocycles. The standard InChI is InChI=1S/C14H21N5O2/c1-10-14(11(2)21-16-10)9-20-13-4-5-19(8-13)7-12-6-18(3)17-15-12/h6,13H,4-5,7-9H2,1-3H3. The maximum absolute atomic E-state index is 6.00. The van der Waals surface area contributed by atoms with Crippen LogP contribution in [0.2, 0.25) is 0 Å². The van der Waals surface area contributed by atoms with Crippen molar-refractivity contribution in [2.45, 2.75) is 39.5 Å². The van der Waals surface area contributed by atoms with Gasteiger partial charge in [-0.25, -0.2) is 0 Å². The summed E-state index contributed by atoms with van der Waals surface area (Å²) in [6, 6.07) is 0. The molecule has 1 aliphatic heterocycles. The van der Waals surface area contributed by atoms with Crippen LogP contribution >= 0.6 is 0 Å². The van der Waals surface area contributed by atoms with Crippen LogP contribution in [-0.2, 0) is 24.9 Å². The third-order valence-electron chi connectivity index (χ3n) is 3.91. The lowest BCUT2D eigenvalue weighted by molar-refractivity contribution is 0.0452. The van der Waals surface area contributed by atoms with Crippen LogP contribution in [0.25, 0.3) is 0 Å². The predicted molar refractivity (Wildman–Crippen MR) is 75.5 cm³/mol. The Balaban J connectivity index is 1.48. The van der Waals surface area contributed by atoms with E-state index in [4.69, 9.17) is 9.26 Å². The average molecular weight is 291 g/mol. The van der Waals surface area contributed by atoms with E-state index in [-0.39, 0.29) is 6.10 Å². The molecular weight excluding hydrogens is 270 g/mol. The summed E-state index contributed by atoms with van der Waals surface area (Å²) in [6.45, 7) is 7.24. The van der Waals surface area contributed by atoms with Crippen molar-refractivity contribution < 1.29 is 9.26 Å². The molecule has 3 rings (SSSR count). The number of likely N-dealkylation sites (tertiary alicyclic amines) is 1. The van der Waals surface area contributed by atoms with E-state index in [0.29, 0.717) is 6.61 Å². The molecule has 0 saturated carbocycles. The fourth-order valence-corrected chi connectivity index (χ4v) is 2.68. The van der Waals surface area contributed by atoms with Gasteiger partial charge in [0.05, 0.1) is 24.1 Å². The van der Waals surface area contributed by atoms with Gasteiger partial charge in [0.1, 0.15) is 5.76 Å². The summed E-state index contributed by atoms with van der Waals surface area (Å²) in [6.07, 6.45) is 3.26. The number of hydrogen-bond acceptors (Lipinski definition) is 6. The van der Waals surface area contributed by atoms with E-state index in [0.717, 1.165) is 48.8 Å². The first kappa shape index (κ1) is 14.2. The zero-order valence-electron chi connectivity index (χ0n) is 12.7. The van der Waals surface area contributed by atoms with Gasteiger partial charge < -0.3 is 9.26 Å². The zero-order chi connectivity index (χ0) is 14.8. The van der Waals surface area contributed by atoms with Gasteiger partial charge in [-0.15, -0.1) is 5.10 Å². The second kappa shape index (κ2) is 5.95. The third-order valence-corrected chi connectivity index (χ3v) is 3.91. The van der Waals surface area contributed by atoms with Crippen molar-refractivity contribution in [3.05, 3.63) is 28.9 Å². The van der Waals surface area contributed by atoms with Crippen molar-refractivity contribution in [3.63, 3.8) is 0 Å². The highest BCUT2D eigenvalue weighted by atomic mass is 16.5. The zero-order valence-corrected chi connectivity index (χ0v) is 12.7. The predicted octanol–water partition coefficient (Wildman–Crippen LogP) is 1.21. The Hall–Kier alpha value is -1.73. The van der Waals surface area contributed by atoms with Crippen molar-refractivity contribution in [2.24, 2.45) is 7.05 Å². The molecule has 7 nitrogen and oxygen atoms in total. The second-order valence-corrected chi connectivity index (χ2v) is 5.64. The molecule has 0 aliphatic carbocycles. The van der Waals surface area contributed by atoms with Crippen LogP contribution in [-0.4, -0.2) is 44.2 Å². The van der Waals surface area contributed by atoms with E-state index in [1.807, 2.05) is 27.1 Å². The van der Waals surface area contributed by atoms with Gasteiger partial charge in [-0.3, -0.25) is 9.58 Å². The normalized spacial score (nSPS) is 19.5. The fraction of sp³-hybridized carbons (Fsp3) is 0.643. The molecule has 0 N–H and O–H groups in total. The van der Waals surface area contributed by atoms with Crippen LogP contribution in [0, 0.1) is 13.8 Å². The van der Waals surface area contributed by atoms with E-state index in [9.17, 15) is 0 Å². The van der Waals surface area contributed by atoms with Crippen LogP contribution in [0.3, 0.4) is 0 Å². The molecule has 1 unspecified atom stereocenters. The Kier molecular flexibility index (Phi) is 4.03. The largest absolute Gasteiger partial charge is 0.372 e. The highest BCUT2D eigenvalue weighted by Crippen LogP contribution is 2.19. The van der Waals surface area contributed by atoms with Crippen LogP contribution < -0.4 is 0 Å². The van der Waals surface area contributed by atoms with E-state index in [1.165, 1.54) is 0 Å². The number of nitrogens with zero attached hydrogens (tertiary/aromatic N) is 5. The smallest absolute Gasteiger partial charge is 0.139 e. The summed E-state index contributed by atoms with van der Waals surface area (Å²) < 4.78 is 12.9. The summed E-state index contributed by atoms with van der Waals surface area (Å²) in [4.78, 5) is 2.35. The molecule has 1 saturated heterocycles. The van der Waals surface area contributed by atoms with Crippen molar-refractivity contribution in [1.82, 2.24) is 25.1 Å². The number of ether oxygens (including phenoxy) is 1. The summed E-state index contributed by atoms with van der Waals surface area (Å²) in [5, 5.41) is 12.0. The highest BCUT2D eigenvalue weighted by Gasteiger charge is 2.24. The summed E-state index contributed by atoms with van der Waals surface area (Å²) in [5.74, 6) is 0.849. The molecule has 0 amide bonds. The topological polar surface area (TPSA) is 69.2 Å². The fourth-order valence-electron chi connectivity index (χ4n) is 2.68. The van der Waals surface area contributed by atoms with E-state index in [1.54, 1.807) is 4.68 Å². The van der Waals surface area contributed by atoms with Crippen LogP contribution in [0.4, 0.5) is 0 Å². The molecule has 1 atom stereocenters. The molecule has 0 spiro atoms.